The predicted octanol–water partition coefficient (Wildman–Crippen LogP) is 1.47. The SMILES string of the molecule is NC(=O)CNC(=O)c1cccc(S(=O)(=O)Nc2ccc(Br)cc2)c1. The van der Waals surface area contributed by atoms with Gasteiger partial charge in [0.2, 0.25) is 5.91 Å². The van der Waals surface area contributed by atoms with E-state index in [0.29, 0.717) is 5.69 Å². The molecule has 0 radical (unpaired) electrons. The van der Waals surface area contributed by atoms with Crippen molar-refractivity contribution in [3.05, 3.63) is 58.6 Å². The van der Waals surface area contributed by atoms with Crippen molar-refractivity contribution in [3.63, 3.8) is 0 Å². The first-order valence-electron chi connectivity index (χ1n) is 6.73. The molecule has 2 rings (SSSR count). The highest BCUT2D eigenvalue weighted by molar-refractivity contribution is 9.10. The number of hydrogen-bond donors (Lipinski definition) is 3. The summed E-state index contributed by atoms with van der Waals surface area (Å²) in [5, 5.41) is 2.30. The Morgan fingerprint density at radius 2 is 1.75 bits per heavy atom. The number of rotatable bonds is 6. The van der Waals surface area contributed by atoms with Gasteiger partial charge in [-0.3, -0.25) is 14.3 Å². The molecule has 0 aliphatic rings. The van der Waals surface area contributed by atoms with Crippen molar-refractivity contribution in [2.45, 2.75) is 4.90 Å². The average Bonchev–Trinajstić information content (AvgIpc) is 2.54. The van der Waals surface area contributed by atoms with Crippen molar-refractivity contribution in [3.8, 4) is 0 Å². The fraction of sp³-hybridized carbons (Fsp3) is 0.0667. The van der Waals surface area contributed by atoms with E-state index in [1.54, 1.807) is 24.3 Å². The molecule has 24 heavy (non-hydrogen) atoms. The second-order valence-electron chi connectivity index (χ2n) is 4.79. The highest BCUT2D eigenvalue weighted by Gasteiger charge is 2.16. The summed E-state index contributed by atoms with van der Waals surface area (Å²) in [7, 11) is -3.85. The molecule has 0 fully saturated rings. The molecule has 0 spiro atoms. The number of halogens is 1. The summed E-state index contributed by atoms with van der Waals surface area (Å²) < 4.78 is 28.0. The summed E-state index contributed by atoms with van der Waals surface area (Å²) in [6.45, 7) is -0.326. The van der Waals surface area contributed by atoms with Gasteiger partial charge < -0.3 is 11.1 Å². The molecule has 4 N–H and O–H groups in total. The van der Waals surface area contributed by atoms with E-state index in [4.69, 9.17) is 5.73 Å². The molecular weight excluding hydrogens is 398 g/mol. The molecule has 0 aliphatic heterocycles. The predicted molar refractivity (Wildman–Crippen MR) is 92.9 cm³/mol. The van der Waals surface area contributed by atoms with E-state index in [-0.39, 0.29) is 17.0 Å². The average molecular weight is 412 g/mol. The van der Waals surface area contributed by atoms with E-state index in [1.165, 1.54) is 24.3 Å². The van der Waals surface area contributed by atoms with Crippen molar-refractivity contribution in [1.29, 1.82) is 0 Å². The maximum Gasteiger partial charge on any atom is 0.261 e. The van der Waals surface area contributed by atoms with Crippen molar-refractivity contribution in [2.75, 3.05) is 11.3 Å². The minimum Gasteiger partial charge on any atom is -0.368 e. The van der Waals surface area contributed by atoms with Crippen LogP contribution in [0.1, 0.15) is 10.4 Å². The second-order valence-corrected chi connectivity index (χ2v) is 7.39. The van der Waals surface area contributed by atoms with Crippen LogP contribution in [0, 0.1) is 0 Å². The quantitative estimate of drug-likeness (QED) is 0.666. The van der Waals surface area contributed by atoms with Crippen LogP contribution in [-0.2, 0) is 14.8 Å². The minimum absolute atomic E-state index is 0.0721. The lowest BCUT2D eigenvalue weighted by Crippen LogP contribution is -2.33. The number of primary amides is 1. The second kappa shape index (κ2) is 7.45. The van der Waals surface area contributed by atoms with Crippen LogP contribution in [0.4, 0.5) is 5.69 Å². The topological polar surface area (TPSA) is 118 Å². The summed E-state index contributed by atoms with van der Waals surface area (Å²) >= 11 is 3.27. The van der Waals surface area contributed by atoms with Crippen LogP contribution in [-0.4, -0.2) is 26.8 Å². The van der Waals surface area contributed by atoms with Crippen LogP contribution in [0.2, 0.25) is 0 Å². The Bertz CT molecular complexity index is 867. The van der Waals surface area contributed by atoms with Gasteiger partial charge in [-0.1, -0.05) is 22.0 Å². The molecule has 0 saturated heterocycles. The third kappa shape index (κ3) is 4.80. The number of anilines is 1. The van der Waals surface area contributed by atoms with Crippen LogP contribution in [0.15, 0.2) is 57.9 Å². The maximum atomic E-state index is 12.4. The third-order valence-corrected chi connectivity index (χ3v) is 4.83. The largest absolute Gasteiger partial charge is 0.368 e. The number of carbonyl (C=O) groups is 2. The zero-order valence-corrected chi connectivity index (χ0v) is 14.7. The molecule has 2 aromatic rings. The Labute approximate surface area is 147 Å². The fourth-order valence-electron chi connectivity index (χ4n) is 1.81. The molecule has 0 aliphatic carbocycles. The van der Waals surface area contributed by atoms with E-state index in [2.05, 4.69) is 26.0 Å². The summed E-state index contributed by atoms with van der Waals surface area (Å²) in [6.07, 6.45) is 0. The van der Waals surface area contributed by atoms with E-state index >= 15 is 0 Å². The van der Waals surface area contributed by atoms with E-state index in [9.17, 15) is 18.0 Å². The van der Waals surface area contributed by atoms with Crippen LogP contribution in [0.25, 0.3) is 0 Å². The van der Waals surface area contributed by atoms with Gasteiger partial charge in [0.15, 0.2) is 0 Å². The normalized spacial score (nSPS) is 10.9. The highest BCUT2D eigenvalue weighted by Crippen LogP contribution is 2.19. The molecule has 2 amide bonds. The Balaban J connectivity index is 2.21. The maximum absolute atomic E-state index is 12.4. The molecule has 0 aromatic heterocycles. The number of carbonyl (C=O) groups excluding carboxylic acids is 2. The van der Waals surface area contributed by atoms with Gasteiger partial charge in [0.25, 0.3) is 15.9 Å². The summed E-state index contributed by atoms with van der Waals surface area (Å²) in [6, 6.07) is 12.1. The van der Waals surface area contributed by atoms with E-state index < -0.39 is 21.8 Å². The lowest BCUT2D eigenvalue weighted by atomic mass is 10.2. The minimum atomic E-state index is -3.85. The fourth-order valence-corrected chi connectivity index (χ4v) is 3.17. The van der Waals surface area contributed by atoms with Crippen molar-refractivity contribution in [2.24, 2.45) is 5.73 Å². The Kier molecular flexibility index (Phi) is 5.58. The molecule has 2 aromatic carbocycles. The molecule has 126 valence electrons. The molecule has 0 atom stereocenters. The Hall–Kier alpha value is -2.39. The first-order chi connectivity index (χ1) is 11.3. The van der Waals surface area contributed by atoms with Crippen molar-refractivity contribution < 1.29 is 18.0 Å². The van der Waals surface area contributed by atoms with Gasteiger partial charge in [0.05, 0.1) is 11.4 Å². The van der Waals surface area contributed by atoms with Gasteiger partial charge in [-0.25, -0.2) is 8.42 Å². The lowest BCUT2D eigenvalue weighted by Gasteiger charge is -2.09. The summed E-state index contributed by atoms with van der Waals surface area (Å²) in [5.41, 5.74) is 5.45. The Morgan fingerprint density at radius 3 is 2.38 bits per heavy atom. The number of amides is 2. The number of hydrogen-bond acceptors (Lipinski definition) is 4. The molecule has 0 bridgehead atoms. The number of nitrogens with two attached hydrogens (primary N) is 1. The van der Waals surface area contributed by atoms with Gasteiger partial charge in [0.1, 0.15) is 0 Å². The zero-order chi connectivity index (χ0) is 17.7. The number of nitrogens with one attached hydrogen (secondary N) is 2. The molecule has 7 nitrogen and oxygen atoms in total. The lowest BCUT2D eigenvalue weighted by molar-refractivity contribution is -0.117. The number of sulfonamides is 1. The van der Waals surface area contributed by atoms with Crippen molar-refractivity contribution >= 4 is 43.5 Å². The van der Waals surface area contributed by atoms with Crippen molar-refractivity contribution in [1.82, 2.24) is 5.32 Å². The van der Waals surface area contributed by atoms with Crippen LogP contribution in [0.3, 0.4) is 0 Å². The monoisotopic (exact) mass is 411 g/mol. The van der Waals surface area contributed by atoms with E-state index in [1.807, 2.05) is 0 Å². The summed E-state index contributed by atoms with van der Waals surface area (Å²) in [4.78, 5) is 22.5. The van der Waals surface area contributed by atoms with Gasteiger partial charge in [-0.15, -0.1) is 0 Å². The zero-order valence-electron chi connectivity index (χ0n) is 12.3. The summed E-state index contributed by atoms with van der Waals surface area (Å²) in [5.74, 6) is -1.28. The van der Waals surface area contributed by atoms with Gasteiger partial charge >= 0.3 is 0 Å². The third-order valence-electron chi connectivity index (χ3n) is 2.93. The van der Waals surface area contributed by atoms with Gasteiger partial charge in [-0.05, 0) is 42.5 Å². The smallest absolute Gasteiger partial charge is 0.261 e. The first kappa shape index (κ1) is 18.0. The molecule has 0 saturated carbocycles. The standard InChI is InChI=1S/C15H14BrN3O4S/c16-11-4-6-12(7-5-11)19-24(22,23)13-3-1-2-10(8-13)15(21)18-9-14(17)20/h1-8,19H,9H2,(H2,17,20)(H,18,21). The Morgan fingerprint density at radius 1 is 1.08 bits per heavy atom. The molecule has 0 unspecified atom stereocenters. The van der Waals surface area contributed by atoms with Gasteiger partial charge in [-0.2, -0.15) is 0 Å². The van der Waals surface area contributed by atoms with Crippen LogP contribution < -0.4 is 15.8 Å². The van der Waals surface area contributed by atoms with E-state index in [0.717, 1.165) is 4.47 Å². The first-order valence-corrected chi connectivity index (χ1v) is 9.00. The number of benzene rings is 2. The molecule has 9 heteroatoms. The van der Waals surface area contributed by atoms with Crippen LogP contribution in [0.5, 0.6) is 0 Å². The van der Waals surface area contributed by atoms with Gasteiger partial charge in [0, 0.05) is 15.7 Å². The van der Waals surface area contributed by atoms with Crippen LogP contribution >= 0.6 is 15.9 Å². The highest BCUT2D eigenvalue weighted by atomic mass is 79.9. The molecule has 0 heterocycles. The molecular formula is C15H14BrN3O4S.